The van der Waals surface area contributed by atoms with E-state index in [2.05, 4.69) is 20.5 Å². The molecule has 0 spiro atoms. The number of nitrogens with one attached hydrogen (secondary N) is 2. The second-order valence-electron chi connectivity index (χ2n) is 5.73. The van der Waals surface area contributed by atoms with Gasteiger partial charge in [-0.15, -0.1) is 0 Å². The molecule has 1 atom stereocenters. The Labute approximate surface area is 133 Å². The Hall–Kier alpha value is -2.48. The molecule has 3 rings (SSSR count). The number of nitrogens with zero attached hydrogens (tertiary/aromatic N) is 2. The van der Waals surface area contributed by atoms with Crippen molar-refractivity contribution in [1.29, 1.82) is 0 Å². The van der Waals surface area contributed by atoms with Crippen molar-refractivity contribution in [3.63, 3.8) is 0 Å². The van der Waals surface area contributed by atoms with E-state index >= 15 is 0 Å². The first-order valence-corrected chi connectivity index (χ1v) is 7.65. The summed E-state index contributed by atoms with van der Waals surface area (Å²) in [6, 6.07) is 1.69. The van der Waals surface area contributed by atoms with Gasteiger partial charge < -0.3 is 16.0 Å². The molecule has 8 heteroatoms. The summed E-state index contributed by atoms with van der Waals surface area (Å²) in [5, 5.41) is 5.54. The van der Waals surface area contributed by atoms with Crippen LogP contribution in [0.15, 0.2) is 12.3 Å². The molecule has 23 heavy (non-hydrogen) atoms. The highest BCUT2D eigenvalue weighted by atomic mass is 16.2. The zero-order valence-electron chi connectivity index (χ0n) is 12.7. The van der Waals surface area contributed by atoms with Gasteiger partial charge in [-0.1, -0.05) is 0 Å². The normalized spacial score (nSPS) is 21.9. The molecule has 2 saturated heterocycles. The van der Waals surface area contributed by atoms with Crippen LogP contribution >= 0.6 is 0 Å². The average molecular weight is 317 g/mol. The Morgan fingerprint density at radius 3 is 2.70 bits per heavy atom. The van der Waals surface area contributed by atoms with Crippen molar-refractivity contribution in [2.45, 2.75) is 18.8 Å². The third-order valence-corrected chi connectivity index (χ3v) is 4.22. The number of piperidine rings is 1. The van der Waals surface area contributed by atoms with Crippen LogP contribution < -0.4 is 21.3 Å². The lowest BCUT2D eigenvalue weighted by molar-refractivity contribution is -0.134. The fourth-order valence-corrected chi connectivity index (χ4v) is 2.99. The molecule has 1 aromatic rings. The van der Waals surface area contributed by atoms with Crippen LogP contribution in [0.2, 0.25) is 0 Å². The molecule has 1 unspecified atom stereocenters. The van der Waals surface area contributed by atoms with Gasteiger partial charge in [0.2, 0.25) is 11.8 Å². The predicted molar refractivity (Wildman–Crippen MR) is 83.0 cm³/mol. The summed E-state index contributed by atoms with van der Waals surface area (Å²) < 4.78 is 0. The van der Waals surface area contributed by atoms with Gasteiger partial charge in [0, 0.05) is 32.6 Å². The third kappa shape index (κ3) is 3.16. The van der Waals surface area contributed by atoms with Gasteiger partial charge in [-0.25, -0.2) is 0 Å². The van der Waals surface area contributed by atoms with Gasteiger partial charge in [0.25, 0.3) is 5.91 Å². The standard InChI is InChI=1S/C15H19N5O3/c16-14(22)11-7-9(20-5-3-17-4-6-20)8-18-13(11)10-1-2-12(21)19-15(10)23/h7-8,10,17H,1-6H2,(H2,16,22)(H,19,21,23). The second kappa shape index (κ2) is 6.33. The fourth-order valence-electron chi connectivity index (χ4n) is 2.99. The van der Waals surface area contributed by atoms with Crippen LogP contribution in [-0.2, 0) is 9.59 Å². The number of hydrogen-bond donors (Lipinski definition) is 3. The van der Waals surface area contributed by atoms with E-state index in [1.807, 2.05) is 0 Å². The maximum absolute atomic E-state index is 12.0. The Balaban J connectivity index is 1.92. The second-order valence-corrected chi connectivity index (χ2v) is 5.73. The monoisotopic (exact) mass is 317 g/mol. The van der Waals surface area contributed by atoms with Crippen LogP contribution in [0.25, 0.3) is 0 Å². The molecule has 0 radical (unpaired) electrons. The molecule has 2 aliphatic rings. The molecule has 2 aliphatic heterocycles. The minimum Gasteiger partial charge on any atom is -0.368 e. The number of imide groups is 1. The zero-order chi connectivity index (χ0) is 16.4. The molecule has 0 saturated carbocycles. The first kappa shape index (κ1) is 15.4. The van der Waals surface area contributed by atoms with E-state index < -0.39 is 17.7 Å². The van der Waals surface area contributed by atoms with Crippen LogP contribution in [0, 0.1) is 0 Å². The quantitative estimate of drug-likeness (QED) is 0.623. The summed E-state index contributed by atoms with van der Waals surface area (Å²) in [6.45, 7) is 3.36. The van der Waals surface area contributed by atoms with Crippen molar-refractivity contribution < 1.29 is 14.4 Å². The fraction of sp³-hybridized carbons (Fsp3) is 0.467. The molecule has 122 valence electrons. The Morgan fingerprint density at radius 2 is 2.04 bits per heavy atom. The number of hydrogen-bond acceptors (Lipinski definition) is 6. The summed E-state index contributed by atoms with van der Waals surface area (Å²) in [5.74, 6) is -1.96. The summed E-state index contributed by atoms with van der Waals surface area (Å²) in [5.41, 5.74) is 6.89. The molecule has 2 fully saturated rings. The number of primary amides is 1. The summed E-state index contributed by atoms with van der Waals surface area (Å²) >= 11 is 0. The average Bonchev–Trinajstić information content (AvgIpc) is 2.55. The summed E-state index contributed by atoms with van der Waals surface area (Å²) in [6.07, 6.45) is 2.23. The van der Waals surface area contributed by atoms with Gasteiger partial charge in [0.15, 0.2) is 0 Å². The molecule has 0 bridgehead atoms. The lowest BCUT2D eigenvalue weighted by Crippen LogP contribution is -2.44. The van der Waals surface area contributed by atoms with Crippen LogP contribution in [-0.4, -0.2) is 48.9 Å². The minimum atomic E-state index is -0.618. The third-order valence-electron chi connectivity index (χ3n) is 4.22. The first-order valence-electron chi connectivity index (χ1n) is 7.65. The molecule has 3 amide bonds. The lowest BCUT2D eigenvalue weighted by atomic mass is 9.91. The van der Waals surface area contributed by atoms with Crippen molar-refractivity contribution in [2.75, 3.05) is 31.1 Å². The van der Waals surface area contributed by atoms with Crippen LogP contribution in [0.5, 0.6) is 0 Å². The van der Waals surface area contributed by atoms with E-state index in [-0.39, 0.29) is 17.9 Å². The Bertz CT molecular complexity index is 655. The minimum absolute atomic E-state index is 0.232. The number of carbonyl (C=O) groups is 3. The summed E-state index contributed by atoms with van der Waals surface area (Å²) in [4.78, 5) is 41.6. The number of amides is 3. The number of nitrogens with two attached hydrogens (primary N) is 1. The number of pyridine rings is 1. The van der Waals surface area contributed by atoms with Gasteiger partial charge in [0.05, 0.1) is 29.1 Å². The van der Waals surface area contributed by atoms with Gasteiger partial charge in [0.1, 0.15) is 0 Å². The van der Waals surface area contributed by atoms with E-state index in [9.17, 15) is 14.4 Å². The topological polar surface area (TPSA) is 117 Å². The zero-order valence-corrected chi connectivity index (χ0v) is 12.7. The van der Waals surface area contributed by atoms with Gasteiger partial charge in [-0.05, 0) is 12.5 Å². The smallest absolute Gasteiger partial charge is 0.250 e. The van der Waals surface area contributed by atoms with E-state index in [1.165, 1.54) is 0 Å². The Kier molecular flexibility index (Phi) is 4.24. The molecule has 1 aromatic heterocycles. The molecular weight excluding hydrogens is 298 g/mol. The number of aromatic nitrogens is 1. The van der Waals surface area contributed by atoms with E-state index in [1.54, 1.807) is 12.3 Å². The first-order chi connectivity index (χ1) is 11.1. The van der Waals surface area contributed by atoms with Crippen molar-refractivity contribution >= 4 is 23.4 Å². The van der Waals surface area contributed by atoms with Gasteiger partial charge in [-0.3, -0.25) is 24.7 Å². The number of piperazine rings is 1. The van der Waals surface area contributed by atoms with Gasteiger partial charge in [-0.2, -0.15) is 0 Å². The molecule has 0 aliphatic carbocycles. The highest BCUT2D eigenvalue weighted by molar-refractivity contribution is 6.03. The highest BCUT2D eigenvalue weighted by Crippen LogP contribution is 2.28. The number of carbonyl (C=O) groups excluding carboxylic acids is 3. The molecule has 0 aromatic carbocycles. The predicted octanol–water partition coefficient (Wildman–Crippen LogP) is -0.890. The maximum atomic E-state index is 12.0. The highest BCUT2D eigenvalue weighted by Gasteiger charge is 2.32. The number of rotatable bonds is 3. The SMILES string of the molecule is NC(=O)c1cc(N2CCNCC2)cnc1C1CCC(=O)NC1=O. The summed E-state index contributed by atoms with van der Waals surface area (Å²) in [7, 11) is 0. The molecule has 8 nitrogen and oxygen atoms in total. The van der Waals surface area contributed by atoms with E-state index in [0.29, 0.717) is 12.1 Å². The maximum Gasteiger partial charge on any atom is 0.250 e. The van der Waals surface area contributed by atoms with Crippen LogP contribution in [0.1, 0.15) is 34.8 Å². The van der Waals surface area contributed by atoms with E-state index in [4.69, 9.17) is 5.73 Å². The largest absolute Gasteiger partial charge is 0.368 e. The van der Waals surface area contributed by atoms with Crippen molar-refractivity contribution in [2.24, 2.45) is 5.73 Å². The van der Waals surface area contributed by atoms with Crippen molar-refractivity contribution in [3.8, 4) is 0 Å². The Morgan fingerprint density at radius 1 is 1.30 bits per heavy atom. The lowest BCUT2D eigenvalue weighted by Gasteiger charge is -2.30. The van der Waals surface area contributed by atoms with Crippen LogP contribution in [0.3, 0.4) is 0 Å². The molecule has 3 heterocycles. The van der Waals surface area contributed by atoms with E-state index in [0.717, 1.165) is 31.9 Å². The molecular formula is C15H19N5O3. The number of anilines is 1. The van der Waals surface area contributed by atoms with Crippen molar-refractivity contribution in [1.82, 2.24) is 15.6 Å². The van der Waals surface area contributed by atoms with Crippen LogP contribution in [0.4, 0.5) is 5.69 Å². The van der Waals surface area contributed by atoms with Crippen molar-refractivity contribution in [3.05, 3.63) is 23.5 Å². The van der Waals surface area contributed by atoms with Gasteiger partial charge >= 0.3 is 0 Å². The molecule has 4 N–H and O–H groups in total.